The van der Waals surface area contributed by atoms with Crippen LogP contribution < -0.4 is 20.7 Å². The lowest BCUT2D eigenvalue weighted by Crippen LogP contribution is -2.33. The summed E-state index contributed by atoms with van der Waals surface area (Å²) in [5.74, 6) is 0.828. The van der Waals surface area contributed by atoms with Crippen molar-refractivity contribution in [3.63, 3.8) is 0 Å². The van der Waals surface area contributed by atoms with Gasteiger partial charge in [0.15, 0.2) is 0 Å². The van der Waals surface area contributed by atoms with Crippen LogP contribution in [-0.4, -0.2) is 42.3 Å². The quantitative estimate of drug-likeness (QED) is 0.811. The number of hydrogen-bond acceptors (Lipinski definition) is 5. The molecule has 1 unspecified atom stereocenters. The Morgan fingerprint density at radius 2 is 1.83 bits per heavy atom. The van der Waals surface area contributed by atoms with E-state index < -0.39 is 0 Å². The highest BCUT2D eigenvalue weighted by Crippen LogP contribution is 2.24. The van der Waals surface area contributed by atoms with Crippen LogP contribution in [0.1, 0.15) is 31.7 Å². The van der Waals surface area contributed by atoms with E-state index in [2.05, 4.69) is 51.6 Å². The number of aromatic amines is 1. The second-order valence-corrected chi connectivity index (χ2v) is 8.29. The molecule has 1 aromatic heterocycles. The first-order valence-corrected chi connectivity index (χ1v) is 10.5. The lowest BCUT2D eigenvalue weighted by atomic mass is 9.98. The number of carbonyl (C=O) groups excluding carboxylic acids is 1. The number of carbonyl (C=O) groups is 1. The van der Waals surface area contributed by atoms with E-state index in [1.807, 2.05) is 4.90 Å². The third-order valence-electron chi connectivity index (χ3n) is 6.13. The smallest absolute Gasteiger partial charge is 0.266 e. The molecule has 4 rings (SSSR count). The molecule has 3 heterocycles. The molecule has 1 aromatic carbocycles. The van der Waals surface area contributed by atoms with E-state index >= 15 is 0 Å². The first-order chi connectivity index (χ1) is 14.1. The number of nitrogens with zero attached hydrogens (tertiary/aromatic N) is 3. The minimum Gasteiger partial charge on any atom is -0.372 e. The van der Waals surface area contributed by atoms with E-state index in [9.17, 15) is 9.59 Å². The fourth-order valence-corrected chi connectivity index (χ4v) is 4.17. The molecule has 0 spiro atoms. The Labute approximate surface area is 171 Å². The molecule has 0 saturated carbocycles. The summed E-state index contributed by atoms with van der Waals surface area (Å²) in [5.41, 5.74) is 2.93. The Morgan fingerprint density at radius 1 is 1.10 bits per heavy atom. The highest BCUT2D eigenvalue weighted by atomic mass is 16.2. The molecule has 2 aromatic rings. The van der Waals surface area contributed by atoms with Crippen LogP contribution >= 0.6 is 0 Å². The van der Waals surface area contributed by atoms with Crippen LogP contribution in [0, 0.1) is 11.8 Å². The number of aromatic nitrogens is 2. The molecule has 0 radical (unpaired) electrons. The zero-order valence-corrected chi connectivity index (χ0v) is 16.9. The molecule has 2 saturated heterocycles. The third kappa shape index (κ3) is 4.78. The first kappa shape index (κ1) is 19.5. The van der Waals surface area contributed by atoms with Crippen LogP contribution in [0.5, 0.6) is 0 Å². The van der Waals surface area contributed by atoms with E-state index in [4.69, 9.17) is 0 Å². The zero-order valence-electron chi connectivity index (χ0n) is 16.9. The molecule has 2 aliphatic rings. The zero-order chi connectivity index (χ0) is 20.2. The van der Waals surface area contributed by atoms with Gasteiger partial charge in [-0.2, -0.15) is 5.10 Å². The van der Waals surface area contributed by atoms with E-state index in [1.165, 1.54) is 24.6 Å². The number of benzene rings is 1. The van der Waals surface area contributed by atoms with Crippen molar-refractivity contribution >= 4 is 17.3 Å². The van der Waals surface area contributed by atoms with Crippen LogP contribution in [-0.2, 0) is 11.3 Å². The lowest BCUT2D eigenvalue weighted by molar-refractivity contribution is -0.124. The molecule has 0 aliphatic carbocycles. The summed E-state index contributed by atoms with van der Waals surface area (Å²) < 4.78 is 0. The molecule has 29 heavy (non-hydrogen) atoms. The van der Waals surface area contributed by atoms with Gasteiger partial charge in [-0.15, -0.1) is 0 Å². The van der Waals surface area contributed by atoms with Crippen molar-refractivity contribution in [3.8, 4) is 0 Å². The summed E-state index contributed by atoms with van der Waals surface area (Å²) >= 11 is 0. The van der Waals surface area contributed by atoms with Crippen LogP contribution in [0.15, 0.2) is 41.3 Å². The lowest BCUT2D eigenvalue weighted by Gasteiger charge is -2.32. The summed E-state index contributed by atoms with van der Waals surface area (Å²) in [6.07, 6.45) is 4.92. The van der Waals surface area contributed by atoms with Crippen LogP contribution in [0.4, 0.5) is 11.4 Å². The van der Waals surface area contributed by atoms with Gasteiger partial charge in [0.25, 0.3) is 5.56 Å². The first-order valence-electron chi connectivity index (χ1n) is 10.5. The number of amides is 1. The summed E-state index contributed by atoms with van der Waals surface area (Å²) in [6.45, 7) is 6.48. The standard InChI is InChI=1S/C22H29N5O2/c1-16-6-9-26(10-7-16)19-4-2-17(3-5-19)13-23-22(29)18-8-11-27(15-18)20-12-21(28)25-24-14-20/h2-5,12,14,16,18H,6-11,13,15H2,1H3,(H,23,29)(H,25,28). The molecule has 0 bridgehead atoms. The van der Waals surface area contributed by atoms with Crippen LogP contribution in [0.3, 0.4) is 0 Å². The Morgan fingerprint density at radius 3 is 2.55 bits per heavy atom. The van der Waals surface area contributed by atoms with Gasteiger partial charge >= 0.3 is 0 Å². The van der Waals surface area contributed by atoms with Crippen molar-refractivity contribution < 1.29 is 4.79 Å². The van der Waals surface area contributed by atoms with Crippen LogP contribution in [0.25, 0.3) is 0 Å². The van der Waals surface area contributed by atoms with Crippen molar-refractivity contribution in [2.75, 3.05) is 36.0 Å². The highest BCUT2D eigenvalue weighted by molar-refractivity contribution is 5.80. The average Bonchev–Trinajstić information content (AvgIpc) is 3.24. The average molecular weight is 396 g/mol. The molecule has 7 nitrogen and oxygen atoms in total. The van der Waals surface area contributed by atoms with Gasteiger partial charge in [-0.05, 0) is 42.9 Å². The van der Waals surface area contributed by atoms with Gasteiger partial charge in [0, 0.05) is 44.5 Å². The molecule has 154 valence electrons. The van der Waals surface area contributed by atoms with E-state index in [0.717, 1.165) is 43.2 Å². The number of nitrogens with one attached hydrogen (secondary N) is 2. The van der Waals surface area contributed by atoms with E-state index in [-0.39, 0.29) is 17.4 Å². The van der Waals surface area contributed by atoms with Crippen molar-refractivity contribution in [1.82, 2.24) is 15.5 Å². The van der Waals surface area contributed by atoms with Gasteiger partial charge < -0.3 is 15.1 Å². The fourth-order valence-electron chi connectivity index (χ4n) is 4.17. The number of piperidine rings is 1. The number of anilines is 2. The van der Waals surface area contributed by atoms with Gasteiger partial charge in [0.2, 0.25) is 5.91 Å². The van der Waals surface area contributed by atoms with Gasteiger partial charge in [-0.1, -0.05) is 19.1 Å². The SMILES string of the molecule is CC1CCN(c2ccc(CNC(=O)C3CCN(c4cn[nH]c(=O)c4)C3)cc2)CC1. The fraction of sp³-hybridized carbons (Fsp3) is 0.500. The maximum absolute atomic E-state index is 12.6. The van der Waals surface area contributed by atoms with Crippen molar-refractivity contribution in [1.29, 1.82) is 0 Å². The predicted octanol–water partition coefficient (Wildman–Crippen LogP) is 2.15. The summed E-state index contributed by atoms with van der Waals surface area (Å²) in [5, 5.41) is 9.28. The van der Waals surface area contributed by atoms with E-state index in [0.29, 0.717) is 13.1 Å². The second-order valence-electron chi connectivity index (χ2n) is 8.29. The third-order valence-corrected chi connectivity index (χ3v) is 6.13. The summed E-state index contributed by atoms with van der Waals surface area (Å²) in [7, 11) is 0. The summed E-state index contributed by atoms with van der Waals surface area (Å²) in [4.78, 5) is 28.5. The Balaban J connectivity index is 1.27. The topological polar surface area (TPSA) is 81.3 Å². The van der Waals surface area contributed by atoms with Gasteiger partial charge in [-0.25, -0.2) is 5.10 Å². The van der Waals surface area contributed by atoms with E-state index in [1.54, 1.807) is 6.20 Å². The predicted molar refractivity (Wildman–Crippen MR) is 114 cm³/mol. The maximum Gasteiger partial charge on any atom is 0.266 e. The van der Waals surface area contributed by atoms with Gasteiger partial charge in [0.1, 0.15) is 0 Å². The van der Waals surface area contributed by atoms with Gasteiger partial charge in [-0.3, -0.25) is 9.59 Å². The van der Waals surface area contributed by atoms with Crippen LogP contribution in [0.2, 0.25) is 0 Å². The molecular formula is C22H29N5O2. The second kappa shape index (κ2) is 8.68. The molecule has 7 heteroatoms. The number of H-pyrrole nitrogens is 1. The van der Waals surface area contributed by atoms with Crippen molar-refractivity contribution in [2.24, 2.45) is 11.8 Å². The monoisotopic (exact) mass is 395 g/mol. The van der Waals surface area contributed by atoms with Crippen molar-refractivity contribution in [2.45, 2.75) is 32.7 Å². The molecule has 1 atom stereocenters. The molecule has 2 fully saturated rings. The Bertz CT molecular complexity index is 887. The number of rotatable bonds is 5. The molecule has 2 aliphatic heterocycles. The van der Waals surface area contributed by atoms with Gasteiger partial charge in [0.05, 0.1) is 17.8 Å². The summed E-state index contributed by atoms with van der Waals surface area (Å²) in [6, 6.07) is 10.1. The molecular weight excluding hydrogens is 366 g/mol. The van der Waals surface area contributed by atoms with Crippen molar-refractivity contribution in [3.05, 3.63) is 52.4 Å². The maximum atomic E-state index is 12.6. The highest BCUT2D eigenvalue weighted by Gasteiger charge is 2.28. The molecule has 1 amide bonds. The number of hydrogen-bond donors (Lipinski definition) is 2. The minimum absolute atomic E-state index is 0.0658. The Hall–Kier alpha value is -2.83. The minimum atomic E-state index is -0.224. The molecule has 2 N–H and O–H groups in total. The Kier molecular flexibility index (Phi) is 5.83. The normalized spacial score (nSPS) is 20.1. The largest absolute Gasteiger partial charge is 0.372 e.